The third-order valence-electron chi connectivity index (χ3n) is 1.61. The van der Waals surface area contributed by atoms with E-state index >= 15 is 0 Å². The van der Waals surface area contributed by atoms with Gasteiger partial charge in [0.05, 0.1) is 7.11 Å². The van der Waals surface area contributed by atoms with Gasteiger partial charge in [-0.05, 0) is 11.6 Å². The molecule has 94 valence electrons. The summed E-state index contributed by atoms with van der Waals surface area (Å²) < 4.78 is 43.7. The fraction of sp³-hybridized carbons (Fsp3) is 0.250. The number of aromatic nitrogens is 1. The molecule has 1 heterocycles. The Hall–Kier alpha value is -1.70. The van der Waals surface area contributed by atoms with Crippen LogP contribution in [0.4, 0.5) is 13.2 Å². The summed E-state index contributed by atoms with van der Waals surface area (Å²) in [6, 6.07) is 0.627. The third kappa shape index (κ3) is 3.38. The summed E-state index contributed by atoms with van der Waals surface area (Å²) in [6.45, 7) is 0. The van der Waals surface area contributed by atoms with Gasteiger partial charge in [0.2, 0.25) is 0 Å². The Labute approximate surface area is 97.1 Å². The van der Waals surface area contributed by atoms with Gasteiger partial charge < -0.3 is 14.5 Å². The fourth-order valence-electron chi connectivity index (χ4n) is 1.00. The molecule has 0 fully saturated rings. The lowest BCUT2D eigenvalue weighted by atomic mass is 10.3. The average molecular weight is 272 g/mol. The van der Waals surface area contributed by atoms with Gasteiger partial charge in [-0.15, -0.1) is 13.2 Å². The van der Waals surface area contributed by atoms with Crippen molar-refractivity contribution in [3.63, 3.8) is 0 Å². The molecule has 0 aliphatic carbocycles. The smallest absolute Gasteiger partial charge is 0.494 e. The molecule has 0 radical (unpaired) electrons. The number of hydrogen-bond donors (Lipinski definition) is 1. The summed E-state index contributed by atoms with van der Waals surface area (Å²) in [5.74, 6) is -1.38. The molecule has 1 N–H and O–H groups in total. The largest absolute Gasteiger partial charge is 0.573 e. The predicted octanol–water partition coefficient (Wildman–Crippen LogP) is 1.66. The van der Waals surface area contributed by atoms with Gasteiger partial charge in [-0.1, -0.05) is 0 Å². The van der Waals surface area contributed by atoms with Crippen LogP contribution in [0.2, 0.25) is 0 Å². The second-order valence-electron chi connectivity index (χ2n) is 2.73. The second-order valence-corrected chi connectivity index (χ2v) is 3.07. The molecule has 9 heteroatoms. The van der Waals surface area contributed by atoms with Crippen molar-refractivity contribution in [1.82, 2.24) is 4.98 Å². The number of halogens is 4. The molecule has 5 nitrogen and oxygen atoms in total. The maximum atomic E-state index is 11.9. The highest BCUT2D eigenvalue weighted by Gasteiger charge is 2.33. The monoisotopic (exact) mass is 271 g/mol. The first-order valence-electron chi connectivity index (χ1n) is 4.01. The number of ether oxygens (including phenoxy) is 2. The topological polar surface area (TPSA) is 68.4 Å². The summed E-state index contributed by atoms with van der Waals surface area (Å²) in [7, 11) is 1.09. The second kappa shape index (κ2) is 4.66. The first kappa shape index (κ1) is 13.4. The van der Waals surface area contributed by atoms with Crippen LogP contribution in [0.25, 0.3) is 0 Å². The number of H-pyrrole nitrogens is 1. The van der Waals surface area contributed by atoms with E-state index in [1.807, 2.05) is 4.98 Å². The molecule has 0 spiro atoms. The van der Waals surface area contributed by atoms with E-state index in [0.717, 1.165) is 7.11 Å². The van der Waals surface area contributed by atoms with Crippen LogP contribution in [-0.4, -0.2) is 23.7 Å². The highest BCUT2D eigenvalue weighted by Crippen LogP contribution is 2.25. The van der Waals surface area contributed by atoms with E-state index in [0.29, 0.717) is 6.07 Å². The number of carbonyl (C=O) groups is 1. The Kier molecular flexibility index (Phi) is 3.66. The highest BCUT2D eigenvalue weighted by molar-refractivity contribution is 6.67. The van der Waals surface area contributed by atoms with E-state index in [1.54, 1.807) is 0 Å². The fourth-order valence-corrected chi connectivity index (χ4v) is 1.14. The Morgan fingerprint density at radius 3 is 2.41 bits per heavy atom. The third-order valence-corrected chi connectivity index (χ3v) is 1.80. The molecule has 0 unspecified atom stereocenters. The molecule has 0 aliphatic heterocycles. The molecule has 0 atom stereocenters. The molecular formula is C8H5ClF3NO4. The zero-order valence-electron chi connectivity index (χ0n) is 8.22. The summed E-state index contributed by atoms with van der Waals surface area (Å²) in [6.07, 6.45) is -5.02. The number of carbonyl (C=O) groups excluding carboxylic acids is 1. The standard InChI is InChI=1S/C8H5ClF3NO4/c1-16-3-2-4(17-8(10,11)12)7(15)13-5(3)6(9)14/h2H,1H3,(H,13,15). The van der Waals surface area contributed by atoms with Gasteiger partial charge in [0, 0.05) is 6.07 Å². The first-order valence-corrected chi connectivity index (χ1v) is 4.39. The Balaban J connectivity index is 3.28. The van der Waals surface area contributed by atoms with Crippen LogP contribution in [0.15, 0.2) is 10.9 Å². The number of hydrogen-bond acceptors (Lipinski definition) is 4. The van der Waals surface area contributed by atoms with Crippen molar-refractivity contribution in [2.75, 3.05) is 7.11 Å². The minimum atomic E-state index is -5.02. The maximum Gasteiger partial charge on any atom is 0.573 e. The first-order chi connectivity index (χ1) is 7.74. The molecule has 0 aromatic carbocycles. The van der Waals surface area contributed by atoms with Crippen LogP contribution in [0.3, 0.4) is 0 Å². The average Bonchev–Trinajstić information content (AvgIpc) is 2.18. The van der Waals surface area contributed by atoms with E-state index in [9.17, 15) is 22.8 Å². The minimum absolute atomic E-state index is 0.330. The lowest BCUT2D eigenvalue weighted by Gasteiger charge is -2.10. The van der Waals surface area contributed by atoms with Gasteiger partial charge in [-0.2, -0.15) is 0 Å². The van der Waals surface area contributed by atoms with Crippen molar-refractivity contribution in [2.24, 2.45) is 0 Å². The lowest BCUT2D eigenvalue weighted by molar-refractivity contribution is -0.275. The highest BCUT2D eigenvalue weighted by atomic mass is 35.5. The number of nitrogens with one attached hydrogen (secondary N) is 1. The van der Waals surface area contributed by atoms with E-state index in [-0.39, 0.29) is 5.75 Å². The van der Waals surface area contributed by atoms with E-state index in [1.165, 1.54) is 0 Å². The summed E-state index contributed by atoms with van der Waals surface area (Å²) >= 11 is 5.09. The van der Waals surface area contributed by atoms with Crippen molar-refractivity contribution in [1.29, 1.82) is 0 Å². The molecule has 0 amide bonds. The molecule has 0 saturated carbocycles. The van der Waals surface area contributed by atoms with Crippen molar-refractivity contribution in [2.45, 2.75) is 6.36 Å². The number of alkyl halides is 3. The van der Waals surface area contributed by atoms with Crippen LogP contribution < -0.4 is 15.0 Å². The van der Waals surface area contributed by atoms with Gasteiger partial charge in [-0.3, -0.25) is 9.59 Å². The quantitative estimate of drug-likeness (QED) is 0.849. The Morgan fingerprint density at radius 1 is 1.41 bits per heavy atom. The number of aromatic amines is 1. The van der Waals surface area contributed by atoms with Crippen LogP contribution in [0.1, 0.15) is 10.5 Å². The molecule has 0 bridgehead atoms. The molecule has 1 aromatic rings. The van der Waals surface area contributed by atoms with E-state index in [4.69, 9.17) is 11.6 Å². The molecule has 0 aliphatic rings. The van der Waals surface area contributed by atoms with Crippen molar-refractivity contribution < 1.29 is 27.4 Å². The summed E-state index contributed by atoms with van der Waals surface area (Å²) in [5, 5.41) is -1.07. The molecule has 1 aromatic heterocycles. The number of methoxy groups -OCH3 is 1. The maximum absolute atomic E-state index is 11.9. The van der Waals surface area contributed by atoms with Gasteiger partial charge in [0.15, 0.2) is 11.5 Å². The number of pyridine rings is 1. The van der Waals surface area contributed by atoms with Crippen LogP contribution in [0.5, 0.6) is 11.5 Å². The van der Waals surface area contributed by atoms with Crippen molar-refractivity contribution >= 4 is 16.8 Å². The molecule has 0 saturated heterocycles. The zero-order chi connectivity index (χ0) is 13.2. The predicted molar refractivity (Wildman–Crippen MR) is 50.5 cm³/mol. The van der Waals surface area contributed by atoms with Gasteiger partial charge in [-0.25, -0.2) is 0 Å². The molecule has 1 rings (SSSR count). The molecular weight excluding hydrogens is 267 g/mol. The van der Waals surface area contributed by atoms with Crippen LogP contribution in [0, 0.1) is 0 Å². The normalized spacial score (nSPS) is 11.1. The van der Waals surface area contributed by atoms with Crippen LogP contribution >= 0.6 is 11.6 Å². The van der Waals surface area contributed by atoms with Crippen molar-refractivity contribution in [3.8, 4) is 11.5 Å². The van der Waals surface area contributed by atoms with Gasteiger partial charge in [0.25, 0.3) is 10.8 Å². The van der Waals surface area contributed by atoms with Gasteiger partial charge in [0.1, 0.15) is 5.69 Å². The lowest BCUT2D eigenvalue weighted by Crippen LogP contribution is -2.23. The SMILES string of the molecule is COc1cc(OC(F)(F)F)c(=O)[nH]c1C(=O)Cl. The van der Waals surface area contributed by atoms with Crippen LogP contribution in [-0.2, 0) is 0 Å². The zero-order valence-corrected chi connectivity index (χ0v) is 8.98. The Bertz CT molecular complexity index is 497. The minimum Gasteiger partial charge on any atom is -0.494 e. The Morgan fingerprint density at radius 2 is 2.00 bits per heavy atom. The van der Waals surface area contributed by atoms with Crippen molar-refractivity contribution in [3.05, 3.63) is 22.1 Å². The van der Waals surface area contributed by atoms with Gasteiger partial charge >= 0.3 is 6.36 Å². The molecule has 17 heavy (non-hydrogen) atoms. The number of rotatable bonds is 3. The van der Waals surface area contributed by atoms with E-state index < -0.39 is 28.6 Å². The van der Waals surface area contributed by atoms with E-state index in [2.05, 4.69) is 9.47 Å². The summed E-state index contributed by atoms with van der Waals surface area (Å²) in [4.78, 5) is 23.8. The summed E-state index contributed by atoms with van der Waals surface area (Å²) in [5.41, 5.74) is -1.69.